The van der Waals surface area contributed by atoms with E-state index in [9.17, 15) is 0 Å². The Labute approximate surface area is 219 Å². The van der Waals surface area contributed by atoms with E-state index in [1.54, 1.807) is 0 Å². The van der Waals surface area contributed by atoms with Crippen molar-refractivity contribution >= 4 is 55.1 Å². The van der Waals surface area contributed by atoms with Crippen LogP contribution >= 0.6 is 0 Å². The molecule has 38 heavy (non-hydrogen) atoms. The topological polar surface area (TPSA) is 30.1 Å². The zero-order valence-electron chi connectivity index (χ0n) is 20.6. The van der Waals surface area contributed by atoms with Gasteiger partial charge in [0, 0.05) is 27.1 Å². The summed E-state index contributed by atoms with van der Waals surface area (Å²) in [6.07, 6.45) is 4.58. The minimum Gasteiger partial charge on any atom is -0.455 e. The van der Waals surface area contributed by atoms with E-state index in [-0.39, 0.29) is 6.04 Å². The molecular weight excluding hydrogens is 464 g/mol. The molecule has 0 fully saturated rings. The number of rotatable bonds is 3. The van der Waals surface area contributed by atoms with E-state index in [2.05, 4.69) is 131 Å². The van der Waals surface area contributed by atoms with E-state index in [1.807, 2.05) is 12.1 Å². The highest BCUT2D eigenvalue weighted by Gasteiger charge is 2.23. The fourth-order valence-electron chi connectivity index (χ4n) is 5.91. The van der Waals surface area contributed by atoms with E-state index in [0.29, 0.717) is 0 Å². The molecule has 2 aromatic heterocycles. The van der Waals surface area contributed by atoms with Crippen molar-refractivity contribution in [1.29, 1.82) is 0 Å². The Kier molecular flexibility index (Phi) is 4.58. The molecule has 1 N–H and O–H groups in total. The molecule has 1 unspecified atom stereocenters. The molecule has 0 saturated heterocycles. The third-order valence-corrected chi connectivity index (χ3v) is 7.64. The molecule has 3 nitrogen and oxygen atoms in total. The van der Waals surface area contributed by atoms with E-state index in [0.717, 1.165) is 38.9 Å². The second-order valence-electron chi connectivity index (χ2n) is 9.83. The highest BCUT2D eigenvalue weighted by Crippen LogP contribution is 2.39. The Morgan fingerprint density at radius 2 is 1.21 bits per heavy atom. The van der Waals surface area contributed by atoms with E-state index in [4.69, 9.17) is 4.42 Å². The van der Waals surface area contributed by atoms with Crippen LogP contribution in [0.3, 0.4) is 0 Å². The molecule has 8 rings (SSSR count). The summed E-state index contributed by atoms with van der Waals surface area (Å²) in [5, 5.41) is 8.63. The maximum absolute atomic E-state index is 6.45. The van der Waals surface area contributed by atoms with Gasteiger partial charge in [0.25, 0.3) is 0 Å². The minimum absolute atomic E-state index is 0.00533. The molecule has 3 heteroatoms. The van der Waals surface area contributed by atoms with Crippen LogP contribution in [0.5, 0.6) is 0 Å². The summed E-state index contributed by atoms with van der Waals surface area (Å²) in [4.78, 5) is 0. The van der Waals surface area contributed by atoms with Gasteiger partial charge < -0.3 is 9.73 Å². The Morgan fingerprint density at radius 1 is 0.579 bits per heavy atom. The smallest absolute Gasteiger partial charge is 0.143 e. The van der Waals surface area contributed by atoms with E-state index >= 15 is 0 Å². The molecule has 0 amide bonds. The fourth-order valence-corrected chi connectivity index (χ4v) is 5.91. The molecule has 1 aliphatic heterocycles. The zero-order valence-corrected chi connectivity index (χ0v) is 20.6. The molecule has 5 aromatic carbocycles. The van der Waals surface area contributed by atoms with Crippen molar-refractivity contribution in [1.82, 2.24) is 9.88 Å². The highest BCUT2D eigenvalue weighted by atomic mass is 16.3. The number of aromatic nitrogens is 1. The van der Waals surface area contributed by atoms with Crippen molar-refractivity contribution < 1.29 is 4.42 Å². The number of nitrogens with one attached hydrogen (secondary N) is 1. The average Bonchev–Trinajstić information content (AvgIpc) is 3.53. The van der Waals surface area contributed by atoms with Crippen LogP contribution < -0.4 is 5.32 Å². The van der Waals surface area contributed by atoms with Crippen molar-refractivity contribution in [3.63, 3.8) is 0 Å². The molecule has 3 heterocycles. The molecular formula is C35H24N2O. The zero-order chi connectivity index (χ0) is 25.1. The number of hydrogen-bond acceptors (Lipinski definition) is 2. The normalized spacial score (nSPS) is 15.6. The number of furan rings is 1. The van der Waals surface area contributed by atoms with Crippen LogP contribution in [0.15, 0.2) is 138 Å². The first kappa shape index (κ1) is 21.1. The Bertz CT molecular complexity index is 2000. The van der Waals surface area contributed by atoms with Crippen LogP contribution in [0.25, 0.3) is 55.1 Å². The Hall–Kier alpha value is -5.02. The first-order valence-electron chi connectivity index (χ1n) is 13.0. The highest BCUT2D eigenvalue weighted by molar-refractivity contribution is 6.11. The van der Waals surface area contributed by atoms with Crippen LogP contribution in [0.1, 0.15) is 17.2 Å². The summed E-state index contributed by atoms with van der Waals surface area (Å²) in [5.41, 5.74) is 7.65. The number of dihydropyridines is 1. The molecule has 180 valence electrons. The number of fused-ring (bicyclic) bond motifs is 6. The maximum Gasteiger partial charge on any atom is 0.143 e. The SMILES string of the molecule is C1=C(c2cccc3c2oc2ccccc23)C=C(n2c3ccccc3c3ccccc32)NC1c1ccccc1. The van der Waals surface area contributed by atoms with Gasteiger partial charge in [0.15, 0.2) is 0 Å². The molecule has 7 aromatic rings. The summed E-state index contributed by atoms with van der Waals surface area (Å²) in [7, 11) is 0. The first-order chi connectivity index (χ1) is 18.8. The number of para-hydroxylation sites is 4. The van der Waals surface area contributed by atoms with Crippen molar-refractivity contribution in [2.24, 2.45) is 0 Å². The summed E-state index contributed by atoms with van der Waals surface area (Å²) < 4.78 is 8.80. The van der Waals surface area contributed by atoms with Crippen LogP contribution in [0.4, 0.5) is 0 Å². The van der Waals surface area contributed by atoms with Gasteiger partial charge >= 0.3 is 0 Å². The molecule has 1 aliphatic rings. The molecule has 0 spiro atoms. The summed E-state index contributed by atoms with van der Waals surface area (Å²) >= 11 is 0. The second kappa shape index (κ2) is 8.25. The number of allylic oxidation sites excluding steroid dienone is 2. The van der Waals surface area contributed by atoms with Gasteiger partial charge in [0.1, 0.15) is 17.0 Å². The lowest BCUT2D eigenvalue weighted by Gasteiger charge is -2.27. The van der Waals surface area contributed by atoms with Gasteiger partial charge in [-0.2, -0.15) is 0 Å². The van der Waals surface area contributed by atoms with Gasteiger partial charge in [-0.1, -0.05) is 103 Å². The summed E-state index contributed by atoms with van der Waals surface area (Å²) in [6.45, 7) is 0. The monoisotopic (exact) mass is 488 g/mol. The maximum atomic E-state index is 6.45. The van der Waals surface area contributed by atoms with Gasteiger partial charge in [-0.3, -0.25) is 4.57 Å². The fraction of sp³-hybridized carbons (Fsp3) is 0.0286. The van der Waals surface area contributed by atoms with Gasteiger partial charge in [0.2, 0.25) is 0 Å². The van der Waals surface area contributed by atoms with Crippen LogP contribution in [0.2, 0.25) is 0 Å². The third kappa shape index (κ3) is 3.15. The Morgan fingerprint density at radius 3 is 1.97 bits per heavy atom. The summed E-state index contributed by atoms with van der Waals surface area (Å²) in [6, 6.07) is 42.6. The standard InChI is InChI=1S/C35H24N2O/c1-2-11-23(12-3-1)30-21-24(25-16-10-17-29-28-15-6-9-20-33(28)38-35(25)29)22-34(36-30)37-31-18-7-4-13-26(31)27-14-5-8-19-32(27)37/h1-22,30,36H. The quantitative estimate of drug-likeness (QED) is 0.269. The molecule has 0 aliphatic carbocycles. The van der Waals surface area contributed by atoms with Gasteiger partial charge in [-0.05, 0) is 41.5 Å². The molecule has 1 atom stereocenters. The Balaban J connectivity index is 1.40. The number of benzene rings is 5. The minimum atomic E-state index is 0.00533. The van der Waals surface area contributed by atoms with E-state index in [1.165, 1.54) is 27.4 Å². The second-order valence-corrected chi connectivity index (χ2v) is 9.83. The molecule has 0 bridgehead atoms. The third-order valence-electron chi connectivity index (χ3n) is 7.64. The van der Waals surface area contributed by atoms with E-state index < -0.39 is 0 Å². The largest absolute Gasteiger partial charge is 0.455 e. The van der Waals surface area contributed by atoms with Crippen LogP contribution in [-0.4, -0.2) is 4.57 Å². The number of hydrogen-bond donors (Lipinski definition) is 1. The number of nitrogens with zero attached hydrogens (tertiary/aromatic N) is 1. The predicted octanol–water partition coefficient (Wildman–Crippen LogP) is 8.92. The van der Waals surface area contributed by atoms with Crippen molar-refractivity contribution in [2.45, 2.75) is 6.04 Å². The predicted molar refractivity (Wildman–Crippen MR) is 158 cm³/mol. The first-order valence-corrected chi connectivity index (χ1v) is 13.0. The van der Waals surface area contributed by atoms with Gasteiger partial charge in [-0.15, -0.1) is 0 Å². The molecule has 0 radical (unpaired) electrons. The lowest BCUT2D eigenvalue weighted by molar-refractivity contribution is 0.667. The molecule has 0 saturated carbocycles. The lowest BCUT2D eigenvalue weighted by Crippen LogP contribution is -2.25. The van der Waals surface area contributed by atoms with Crippen molar-refractivity contribution in [3.8, 4) is 0 Å². The van der Waals surface area contributed by atoms with Crippen molar-refractivity contribution in [2.75, 3.05) is 0 Å². The van der Waals surface area contributed by atoms with Crippen molar-refractivity contribution in [3.05, 3.63) is 145 Å². The van der Waals surface area contributed by atoms with Gasteiger partial charge in [-0.25, -0.2) is 0 Å². The van der Waals surface area contributed by atoms with Crippen LogP contribution in [-0.2, 0) is 0 Å². The average molecular weight is 489 g/mol. The van der Waals surface area contributed by atoms with Gasteiger partial charge in [0.05, 0.1) is 17.1 Å². The van der Waals surface area contributed by atoms with Crippen LogP contribution in [0, 0.1) is 0 Å². The lowest BCUT2D eigenvalue weighted by atomic mass is 9.95. The summed E-state index contributed by atoms with van der Waals surface area (Å²) in [5.74, 6) is 1.04.